The van der Waals surface area contributed by atoms with Crippen molar-refractivity contribution in [2.24, 2.45) is 12.0 Å². The predicted molar refractivity (Wildman–Crippen MR) is 103 cm³/mol. The molecular formula is C19H19ClFN5O2. The number of aryl methyl sites for hydroxylation is 1. The number of carbonyl (C=O) groups excluding carboxylic acids is 1. The van der Waals surface area contributed by atoms with Crippen molar-refractivity contribution in [2.45, 2.75) is 19.4 Å². The molecule has 2 aromatic heterocycles. The van der Waals surface area contributed by atoms with Crippen LogP contribution in [0.1, 0.15) is 12.1 Å². The second kappa shape index (κ2) is 7.35. The summed E-state index contributed by atoms with van der Waals surface area (Å²) in [4.78, 5) is 21.6. The first-order valence-corrected chi connectivity index (χ1v) is 9.31. The lowest BCUT2D eigenvalue weighted by atomic mass is 10.1. The van der Waals surface area contributed by atoms with E-state index in [-0.39, 0.29) is 29.3 Å². The lowest BCUT2D eigenvalue weighted by Gasteiger charge is -2.22. The van der Waals surface area contributed by atoms with Crippen LogP contribution in [0, 0.1) is 12.9 Å². The van der Waals surface area contributed by atoms with Gasteiger partial charge in [0.2, 0.25) is 11.8 Å². The zero-order valence-corrected chi connectivity index (χ0v) is 16.3. The highest BCUT2D eigenvalue weighted by atomic mass is 35.5. The van der Waals surface area contributed by atoms with Gasteiger partial charge < -0.3 is 9.64 Å². The fourth-order valence-corrected chi connectivity index (χ4v) is 3.62. The number of dihydropyridines is 1. The van der Waals surface area contributed by atoms with Crippen LogP contribution < -0.4 is 4.74 Å². The molecule has 1 saturated heterocycles. The van der Waals surface area contributed by atoms with Crippen molar-refractivity contribution in [1.82, 2.24) is 19.7 Å². The Morgan fingerprint density at radius 1 is 1.36 bits per heavy atom. The molecule has 4 rings (SSSR count). The van der Waals surface area contributed by atoms with E-state index in [1.54, 1.807) is 23.2 Å². The predicted octanol–water partition coefficient (Wildman–Crippen LogP) is 2.49. The van der Waals surface area contributed by atoms with Crippen molar-refractivity contribution in [3.05, 3.63) is 40.7 Å². The summed E-state index contributed by atoms with van der Waals surface area (Å²) in [6.45, 7) is 3.18. The summed E-state index contributed by atoms with van der Waals surface area (Å²) in [6.07, 6.45) is 3.82. The van der Waals surface area contributed by atoms with Gasteiger partial charge in [0.05, 0.1) is 18.4 Å². The maximum absolute atomic E-state index is 14.1. The first-order valence-electron chi connectivity index (χ1n) is 8.93. The Bertz CT molecular complexity index is 1000. The van der Waals surface area contributed by atoms with Gasteiger partial charge in [0.25, 0.3) is 0 Å². The van der Waals surface area contributed by atoms with E-state index in [0.717, 1.165) is 11.3 Å². The number of halogens is 2. The molecule has 28 heavy (non-hydrogen) atoms. The van der Waals surface area contributed by atoms with Gasteiger partial charge >= 0.3 is 0 Å². The summed E-state index contributed by atoms with van der Waals surface area (Å²) in [6, 6.07) is 3.08. The molecule has 0 N–H and O–H groups in total. The molecule has 7 nitrogen and oxygen atoms in total. The van der Waals surface area contributed by atoms with E-state index in [1.165, 1.54) is 6.07 Å². The van der Waals surface area contributed by atoms with Gasteiger partial charge in [0.15, 0.2) is 5.78 Å². The number of likely N-dealkylation sites (tertiary alicyclic amines) is 1. The van der Waals surface area contributed by atoms with Crippen LogP contribution in [-0.4, -0.2) is 57.4 Å². The van der Waals surface area contributed by atoms with Crippen LogP contribution >= 0.6 is 11.6 Å². The topological polar surface area (TPSA) is 72.6 Å². The highest BCUT2D eigenvalue weighted by molar-refractivity contribution is 6.44. The van der Waals surface area contributed by atoms with E-state index in [0.29, 0.717) is 30.8 Å². The Hall–Kier alpha value is -2.74. The molecule has 0 unspecified atom stereocenters. The zero-order chi connectivity index (χ0) is 19.8. The minimum atomic E-state index is -0.610. The fourth-order valence-electron chi connectivity index (χ4n) is 3.39. The van der Waals surface area contributed by atoms with Gasteiger partial charge in [-0.2, -0.15) is 14.5 Å². The van der Waals surface area contributed by atoms with E-state index in [2.05, 4.69) is 15.1 Å². The molecule has 0 bridgehead atoms. The first-order chi connectivity index (χ1) is 13.4. The number of Topliss-reactive ketones (excluding diaryl/α,β-unsaturated/α-hetero) is 1. The normalized spacial score (nSPS) is 19.6. The smallest absolute Gasteiger partial charge is 0.216 e. The summed E-state index contributed by atoms with van der Waals surface area (Å²) in [7, 11) is 1.83. The standard InChI is InChI=1S/C19H19ClFN5O2/c1-11-14(7-23-25(11)2)12-5-17(21)24-18(6-12)28-13-3-4-26(10-13)15-8-22-9-16(27)19(15)20/h5-8,13H,3-4,9-10H2,1-2H3/t13-/m1/s1. The molecule has 1 fully saturated rings. The summed E-state index contributed by atoms with van der Waals surface area (Å²) in [5, 5.41) is 4.40. The Balaban J connectivity index is 1.51. The van der Waals surface area contributed by atoms with E-state index in [1.807, 2.05) is 18.9 Å². The largest absolute Gasteiger partial charge is 0.472 e. The number of ether oxygens (including phenoxy) is 1. The first kappa shape index (κ1) is 18.6. The molecule has 2 aromatic rings. The van der Waals surface area contributed by atoms with Crippen LogP contribution in [0.2, 0.25) is 0 Å². The SMILES string of the molecule is Cc1c(-c2cc(F)nc(O[C@@H]3CCN(C4=C(Cl)C(=O)CN=C4)C3)c2)cnn1C. The van der Waals surface area contributed by atoms with E-state index >= 15 is 0 Å². The summed E-state index contributed by atoms with van der Waals surface area (Å²) < 4.78 is 21.7. The molecule has 0 amide bonds. The maximum Gasteiger partial charge on any atom is 0.216 e. The number of rotatable bonds is 4. The molecule has 2 aliphatic rings. The average Bonchev–Trinajstić information content (AvgIpc) is 3.24. The summed E-state index contributed by atoms with van der Waals surface area (Å²) >= 11 is 6.13. The van der Waals surface area contributed by atoms with Crippen molar-refractivity contribution >= 4 is 23.6 Å². The van der Waals surface area contributed by atoms with Gasteiger partial charge in [-0.15, -0.1) is 0 Å². The minimum Gasteiger partial charge on any atom is -0.472 e. The van der Waals surface area contributed by atoms with E-state index in [4.69, 9.17) is 16.3 Å². The maximum atomic E-state index is 14.1. The highest BCUT2D eigenvalue weighted by Crippen LogP contribution is 2.28. The Kier molecular flexibility index (Phi) is 4.89. The van der Waals surface area contributed by atoms with Crippen LogP contribution in [0.3, 0.4) is 0 Å². The number of carbonyl (C=O) groups is 1. The number of hydrogen-bond acceptors (Lipinski definition) is 6. The molecule has 1 atom stereocenters. The zero-order valence-electron chi connectivity index (χ0n) is 15.5. The Morgan fingerprint density at radius 3 is 2.93 bits per heavy atom. The Labute approximate surface area is 166 Å². The number of pyridine rings is 1. The highest BCUT2D eigenvalue weighted by Gasteiger charge is 2.29. The van der Waals surface area contributed by atoms with Crippen LogP contribution in [0.25, 0.3) is 11.1 Å². The van der Waals surface area contributed by atoms with Gasteiger partial charge in [0.1, 0.15) is 17.7 Å². The van der Waals surface area contributed by atoms with Crippen molar-refractivity contribution in [1.29, 1.82) is 0 Å². The second-order valence-corrected chi connectivity index (χ2v) is 7.23. The molecule has 0 radical (unpaired) electrons. The number of ketones is 1. The van der Waals surface area contributed by atoms with Crippen molar-refractivity contribution in [3.8, 4) is 17.0 Å². The molecule has 0 spiro atoms. The quantitative estimate of drug-likeness (QED) is 0.733. The average molecular weight is 404 g/mol. The lowest BCUT2D eigenvalue weighted by molar-refractivity contribution is -0.113. The number of aromatic nitrogens is 3. The Morgan fingerprint density at radius 2 is 2.18 bits per heavy atom. The van der Waals surface area contributed by atoms with Gasteiger partial charge in [-0.1, -0.05) is 11.6 Å². The second-order valence-electron chi connectivity index (χ2n) is 6.85. The molecule has 2 aliphatic heterocycles. The summed E-state index contributed by atoms with van der Waals surface area (Å²) in [5.41, 5.74) is 3.03. The van der Waals surface area contributed by atoms with E-state index in [9.17, 15) is 9.18 Å². The number of nitrogens with zero attached hydrogens (tertiary/aromatic N) is 5. The molecule has 0 aliphatic carbocycles. The molecule has 0 aromatic carbocycles. The van der Waals surface area contributed by atoms with Crippen LogP contribution in [-0.2, 0) is 11.8 Å². The van der Waals surface area contributed by atoms with Crippen molar-refractivity contribution in [3.63, 3.8) is 0 Å². The monoisotopic (exact) mass is 403 g/mol. The van der Waals surface area contributed by atoms with Crippen LogP contribution in [0.5, 0.6) is 5.88 Å². The van der Waals surface area contributed by atoms with Crippen molar-refractivity contribution in [2.75, 3.05) is 19.6 Å². The lowest BCUT2D eigenvalue weighted by Crippen LogP contribution is -2.28. The third-order valence-electron chi connectivity index (χ3n) is 5.01. The number of aliphatic imine (C=N–C) groups is 1. The van der Waals surface area contributed by atoms with Crippen LogP contribution in [0.4, 0.5) is 4.39 Å². The van der Waals surface area contributed by atoms with Gasteiger partial charge in [-0.3, -0.25) is 14.5 Å². The molecule has 146 valence electrons. The van der Waals surface area contributed by atoms with Crippen molar-refractivity contribution < 1.29 is 13.9 Å². The number of allylic oxidation sites excluding steroid dienone is 1. The minimum absolute atomic E-state index is 0.0832. The van der Waals surface area contributed by atoms with Crippen LogP contribution in [0.15, 0.2) is 34.1 Å². The summed E-state index contributed by atoms with van der Waals surface area (Å²) in [5.74, 6) is -0.577. The number of hydrogen-bond donors (Lipinski definition) is 0. The third-order valence-corrected chi connectivity index (χ3v) is 5.41. The molecule has 4 heterocycles. The van der Waals surface area contributed by atoms with Gasteiger partial charge in [-0.05, 0) is 12.5 Å². The molecular weight excluding hydrogens is 385 g/mol. The van der Waals surface area contributed by atoms with Gasteiger partial charge in [-0.25, -0.2) is 0 Å². The molecule has 9 heteroatoms. The fraction of sp³-hybridized carbons (Fsp3) is 0.368. The van der Waals surface area contributed by atoms with E-state index < -0.39 is 5.95 Å². The molecule has 0 saturated carbocycles. The van der Waals surface area contributed by atoms with Gasteiger partial charge in [0, 0.05) is 49.6 Å². The third kappa shape index (κ3) is 3.52.